The molecular weight excluding hydrogens is 228 g/mol. The lowest BCUT2D eigenvalue weighted by Crippen LogP contribution is -2.51. The fourth-order valence-corrected chi connectivity index (χ4v) is 1.78. The third-order valence-electron chi connectivity index (χ3n) is 2.44. The number of benzene rings is 1. The molecule has 0 radical (unpaired) electrons. The van der Waals surface area contributed by atoms with Gasteiger partial charge in [-0.25, -0.2) is 0 Å². The van der Waals surface area contributed by atoms with Crippen LogP contribution in [0.2, 0.25) is 5.02 Å². The molecule has 2 amide bonds. The first-order valence-electron chi connectivity index (χ1n) is 4.94. The molecule has 5 heteroatoms. The number of nitrogens with zero attached hydrogens (tertiary/aromatic N) is 1. The van der Waals surface area contributed by atoms with Gasteiger partial charge < -0.3 is 10.2 Å². The first-order chi connectivity index (χ1) is 7.66. The van der Waals surface area contributed by atoms with E-state index in [-0.39, 0.29) is 24.9 Å². The Bertz CT molecular complexity index is 434. The monoisotopic (exact) mass is 238 g/mol. The second-order valence-electron chi connectivity index (χ2n) is 3.62. The Morgan fingerprint density at radius 3 is 2.81 bits per heavy atom. The molecule has 1 heterocycles. The number of hydrogen-bond donors (Lipinski definition) is 1. The first kappa shape index (κ1) is 11.0. The van der Waals surface area contributed by atoms with Gasteiger partial charge >= 0.3 is 0 Å². The zero-order valence-corrected chi connectivity index (χ0v) is 9.33. The Morgan fingerprint density at radius 2 is 2.06 bits per heavy atom. The van der Waals surface area contributed by atoms with E-state index in [1.165, 1.54) is 4.90 Å². The van der Waals surface area contributed by atoms with E-state index in [4.69, 9.17) is 11.6 Å². The standard InChI is InChI=1S/C11H11ClN2O2/c12-9-4-2-1-3-8(9)6-14-7-10(15)13-5-11(14)16/h1-4H,5-7H2,(H,13,15). The van der Waals surface area contributed by atoms with Gasteiger partial charge in [-0.2, -0.15) is 0 Å². The van der Waals surface area contributed by atoms with E-state index in [1.54, 1.807) is 6.07 Å². The lowest BCUT2D eigenvalue weighted by molar-refractivity contribution is -0.141. The summed E-state index contributed by atoms with van der Waals surface area (Å²) in [6, 6.07) is 7.31. The fraction of sp³-hybridized carbons (Fsp3) is 0.273. The van der Waals surface area contributed by atoms with Crippen LogP contribution in [0.15, 0.2) is 24.3 Å². The summed E-state index contributed by atoms with van der Waals surface area (Å²) in [7, 11) is 0. The van der Waals surface area contributed by atoms with Gasteiger partial charge in [-0.15, -0.1) is 0 Å². The van der Waals surface area contributed by atoms with Crippen molar-refractivity contribution in [2.45, 2.75) is 6.54 Å². The molecule has 16 heavy (non-hydrogen) atoms. The lowest BCUT2D eigenvalue weighted by Gasteiger charge is -2.26. The Labute approximate surface area is 98.2 Å². The van der Waals surface area contributed by atoms with Crippen LogP contribution in [-0.2, 0) is 16.1 Å². The van der Waals surface area contributed by atoms with Gasteiger partial charge in [0.15, 0.2) is 0 Å². The smallest absolute Gasteiger partial charge is 0.242 e. The number of rotatable bonds is 2. The van der Waals surface area contributed by atoms with Gasteiger partial charge in [-0.1, -0.05) is 29.8 Å². The van der Waals surface area contributed by atoms with Crippen molar-refractivity contribution in [1.82, 2.24) is 10.2 Å². The van der Waals surface area contributed by atoms with Crippen LogP contribution in [0.3, 0.4) is 0 Å². The van der Waals surface area contributed by atoms with Crippen LogP contribution < -0.4 is 5.32 Å². The summed E-state index contributed by atoms with van der Waals surface area (Å²) in [6.07, 6.45) is 0. The molecule has 0 bridgehead atoms. The number of hydrogen-bond acceptors (Lipinski definition) is 2. The molecule has 0 atom stereocenters. The molecule has 1 saturated heterocycles. The fourth-order valence-electron chi connectivity index (χ4n) is 1.58. The molecular formula is C11H11ClN2O2. The number of amides is 2. The molecule has 1 N–H and O–H groups in total. The number of carbonyl (C=O) groups excluding carboxylic acids is 2. The van der Waals surface area contributed by atoms with Crippen molar-refractivity contribution in [3.8, 4) is 0 Å². The minimum atomic E-state index is -0.133. The zero-order valence-electron chi connectivity index (χ0n) is 8.57. The van der Waals surface area contributed by atoms with Crippen LogP contribution in [0, 0.1) is 0 Å². The second kappa shape index (κ2) is 4.53. The molecule has 0 saturated carbocycles. The molecule has 0 unspecified atom stereocenters. The largest absolute Gasteiger partial charge is 0.345 e. The van der Waals surface area contributed by atoms with E-state index < -0.39 is 0 Å². The molecule has 1 aromatic carbocycles. The first-order valence-corrected chi connectivity index (χ1v) is 5.32. The topological polar surface area (TPSA) is 49.4 Å². The molecule has 84 valence electrons. The van der Waals surface area contributed by atoms with Gasteiger partial charge in [-0.3, -0.25) is 9.59 Å². The zero-order chi connectivity index (χ0) is 11.5. The van der Waals surface area contributed by atoms with Gasteiger partial charge in [0.25, 0.3) is 0 Å². The minimum absolute atomic E-state index is 0.0727. The normalized spacial score (nSPS) is 16.2. The molecule has 1 aliphatic heterocycles. The number of carbonyl (C=O) groups is 2. The van der Waals surface area contributed by atoms with Crippen molar-refractivity contribution in [3.05, 3.63) is 34.9 Å². The summed E-state index contributed by atoms with van der Waals surface area (Å²) in [4.78, 5) is 24.2. The third-order valence-corrected chi connectivity index (χ3v) is 2.81. The van der Waals surface area contributed by atoms with Crippen molar-refractivity contribution in [3.63, 3.8) is 0 Å². The van der Waals surface area contributed by atoms with Gasteiger partial charge in [0.2, 0.25) is 11.8 Å². The number of halogens is 1. The Balaban J connectivity index is 2.12. The van der Waals surface area contributed by atoms with E-state index in [2.05, 4.69) is 5.32 Å². The molecule has 0 aromatic heterocycles. The number of piperazine rings is 1. The maximum Gasteiger partial charge on any atom is 0.242 e. The summed E-state index contributed by atoms with van der Waals surface area (Å²) in [6.45, 7) is 0.555. The van der Waals surface area contributed by atoms with Crippen molar-refractivity contribution in [2.24, 2.45) is 0 Å². The maximum absolute atomic E-state index is 11.5. The second-order valence-corrected chi connectivity index (χ2v) is 4.03. The molecule has 1 aliphatic rings. The lowest BCUT2D eigenvalue weighted by atomic mass is 10.2. The Hall–Kier alpha value is -1.55. The predicted molar refractivity (Wildman–Crippen MR) is 59.9 cm³/mol. The summed E-state index contributed by atoms with van der Waals surface area (Å²) in [5.41, 5.74) is 0.854. The molecule has 0 aliphatic carbocycles. The van der Waals surface area contributed by atoms with Crippen molar-refractivity contribution >= 4 is 23.4 Å². The summed E-state index contributed by atoms with van der Waals surface area (Å²) >= 11 is 5.99. The van der Waals surface area contributed by atoms with Crippen LogP contribution in [0.5, 0.6) is 0 Å². The van der Waals surface area contributed by atoms with Crippen LogP contribution in [0.4, 0.5) is 0 Å². The molecule has 4 nitrogen and oxygen atoms in total. The molecule has 1 fully saturated rings. The van der Waals surface area contributed by atoms with Crippen LogP contribution in [0.1, 0.15) is 5.56 Å². The van der Waals surface area contributed by atoms with Crippen LogP contribution >= 0.6 is 11.6 Å². The summed E-state index contributed by atoms with van der Waals surface area (Å²) in [5.74, 6) is -0.217. The van der Waals surface area contributed by atoms with Crippen molar-refractivity contribution in [2.75, 3.05) is 13.1 Å². The Morgan fingerprint density at radius 1 is 1.31 bits per heavy atom. The van der Waals surface area contributed by atoms with Crippen LogP contribution in [0.25, 0.3) is 0 Å². The van der Waals surface area contributed by atoms with Crippen LogP contribution in [-0.4, -0.2) is 29.8 Å². The quantitative estimate of drug-likeness (QED) is 0.829. The molecule has 2 rings (SSSR count). The highest BCUT2D eigenvalue weighted by molar-refractivity contribution is 6.31. The van der Waals surface area contributed by atoms with Gasteiger partial charge in [0, 0.05) is 11.6 Å². The number of nitrogens with one attached hydrogen (secondary N) is 1. The highest BCUT2D eigenvalue weighted by atomic mass is 35.5. The highest BCUT2D eigenvalue weighted by Gasteiger charge is 2.23. The average molecular weight is 239 g/mol. The van der Waals surface area contributed by atoms with Gasteiger partial charge in [0.1, 0.15) is 0 Å². The predicted octanol–water partition coefficient (Wildman–Crippen LogP) is 0.798. The molecule has 1 aromatic rings. The van der Waals surface area contributed by atoms with E-state index in [0.717, 1.165) is 5.56 Å². The van der Waals surface area contributed by atoms with Crippen molar-refractivity contribution < 1.29 is 9.59 Å². The summed E-state index contributed by atoms with van der Waals surface area (Å²) < 4.78 is 0. The SMILES string of the molecule is O=C1CN(Cc2ccccc2Cl)C(=O)CN1. The van der Waals surface area contributed by atoms with Gasteiger partial charge in [-0.05, 0) is 11.6 Å². The molecule has 0 spiro atoms. The minimum Gasteiger partial charge on any atom is -0.345 e. The average Bonchev–Trinajstić information content (AvgIpc) is 2.27. The van der Waals surface area contributed by atoms with E-state index >= 15 is 0 Å². The van der Waals surface area contributed by atoms with E-state index in [9.17, 15) is 9.59 Å². The maximum atomic E-state index is 11.5. The van der Waals surface area contributed by atoms with E-state index in [0.29, 0.717) is 11.6 Å². The third kappa shape index (κ3) is 2.33. The Kier molecular flexibility index (Phi) is 3.10. The van der Waals surface area contributed by atoms with Crippen molar-refractivity contribution in [1.29, 1.82) is 0 Å². The van der Waals surface area contributed by atoms with E-state index in [1.807, 2.05) is 18.2 Å². The summed E-state index contributed by atoms with van der Waals surface area (Å²) in [5, 5.41) is 3.11. The van der Waals surface area contributed by atoms with Gasteiger partial charge in [0.05, 0.1) is 13.1 Å². The highest BCUT2D eigenvalue weighted by Crippen LogP contribution is 2.17.